The molecule has 0 aliphatic heterocycles. The van der Waals surface area contributed by atoms with E-state index in [0.29, 0.717) is 17.2 Å². The Hall–Kier alpha value is -2.90. The molecule has 1 aliphatic rings. The van der Waals surface area contributed by atoms with Crippen LogP contribution in [0, 0.1) is 6.92 Å². The van der Waals surface area contributed by atoms with Crippen molar-refractivity contribution in [1.82, 2.24) is 5.32 Å². The highest BCUT2D eigenvalue weighted by molar-refractivity contribution is 7.86. The number of nitrogens with one attached hydrogen (secondary N) is 1. The van der Waals surface area contributed by atoms with Crippen LogP contribution in [0.3, 0.4) is 0 Å². The van der Waals surface area contributed by atoms with Gasteiger partial charge in [-0.3, -0.25) is 4.18 Å². The summed E-state index contributed by atoms with van der Waals surface area (Å²) in [6.45, 7) is 1.46. The lowest BCUT2D eigenvalue weighted by molar-refractivity contribution is 0.302. The smallest absolute Gasteiger partial charge is 0.342 e. The first-order valence-electron chi connectivity index (χ1n) is 10.9. The molecule has 1 heterocycles. The van der Waals surface area contributed by atoms with Crippen molar-refractivity contribution in [2.24, 2.45) is 0 Å². The number of hydrogen-bond acceptors (Lipinski definition) is 6. The van der Waals surface area contributed by atoms with Crippen LogP contribution in [0.2, 0.25) is 0 Å². The average molecular weight is 454 g/mol. The summed E-state index contributed by atoms with van der Waals surface area (Å²) in [5.41, 5.74) is 1.54. The Bertz CT molecular complexity index is 1270. The Labute approximate surface area is 188 Å². The average Bonchev–Trinajstić information content (AvgIpc) is 2.79. The number of hydrogen-bond donors (Lipinski definition) is 1. The maximum atomic E-state index is 12.7. The molecule has 168 valence electrons. The fourth-order valence-corrected chi connectivity index (χ4v) is 4.86. The topological polar surface area (TPSA) is 85.6 Å². The zero-order valence-corrected chi connectivity index (χ0v) is 18.9. The SMILES string of the molecule is Cc1ccc(S(=O)(=O)OCc2c(/C=C\NC3CCCCC3)c3ccccc3oc2=O)cc1. The van der Waals surface area contributed by atoms with E-state index in [9.17, 15) is 13.2 Å². The molecule has 1 aliphatic carbocycles. The van der Waals surface area contributed by atoms with Crippen LogP contribution in [0.5, 0.6) is 0 Å². The molecule has 0 spiro atoms. The van der Waals surface area contributed by atoms with Crippen molar-refractivity contribution in [3.05, 3.63) is 81.8 Å². The molecule has 0 amide bonds. The minimum atomic E-state index is -4.02. The van der Waals surface area contributed by atoms with Crippen molar-refractivity contribution >= 4 is 27.2 Å². The first kappa shape index (κ1) is 22.3. The third kappa shape index (κ3) is 5.11. The number of para-hydroxylation sites is 1. The Morgan fingerprint density at radius 1 is 1.06 bits per heavy atom. The van der Waals surface area contributed by atoms with Gasteiger partial charge in [0.15, 0.2) is 0 Å². The number of fused-ring (bicyclic) bond motifs is 1. The van der Waals surface area contributed by atoms with Crippen LogP contribution in [0.25, 0.3) is 17.0 Å². The van der Waals surface area contributed by atoms with Crippen LogP contribution in [0.4, 0.5) is 0 Å². The Kier molecular flexibility index (Phi) is 6.77. The van der Waals surface area contributed by atoms with Gasteiger partial charge in [0, 0.05) is 11.4 Å². The molecule has 3 aromatic rings. The third-order valence-electron chi connectivity index (χ3n) is 5.81. The predicted molar refractivity (Wildman–Crippen MR) is 125 cm³/mol. The van der Waals surface area contributed by atoms with Gasteiger partial charge in [-0.05, 0) is 55.8 Å². The van der Waals surface area contributed by atoms with Crippen LogP contribution in [0.15, 0.2) is 68.8 Å². The second-order valence-electron chi connectivity index (χ2n) is 8.14. The molecule has 0 radical (unpaired) electrons. The Morgan fingerprint density at radius 2 is 1.78 bits per heavy atom. The van der Waals surface area contributed by atoms with E-state index in [4.69, 9.17) is 8.60 Å². The van der Waals surface area contributed by atoms with Crippen LogP contribution < -0.4 is 10.9 Å². The minimum Gasteiger partial charge on any atom is -0.422 e. The summed E-state index contributed by atoms with van der Waals surface area (Å²) in [5.74, 6) is 0. The second-order valence-corrected chi connectivity index (χ2v) is 9.76. The first-order valence-corrected chi connectivity index (χ1v) is 12.3. The maximum absolute atomic E-state index is 12.7. The van der Waals surface area contributed by atoms with E-state index in [1.807, 2.05) is 31.3 Å². The van der Waals surface area contributed by atoms with Crippen LogP contribution in [0.1, 0.15) is 48.8 Å². The van der Waals surface area contributed by atoms with Gasteiger partial charge in [-0.1, -0.05) is 55.2 Å². The van der Waals surface area contributed by atoms with Gasteiger partial charge in [-0.2, -0.15) is 8.42 Å². The number of rotatable bonds is 7. The van der Waals surface area contributed by atoms with Gasteiger partial charge < -0.3 is 9.73 Å². The van der Waals surface area contributed by atoms with Crippen molar-refractivity contribution in [3.8, 4) is 0 Å². The summed E-state index contributed by atoms with van der Waals surface area (Å²) in [5, 5.41) is 4.13. The van der Waals surface area contributed by atoms with Crippen molar-refractivity contribution in [2.45, 2.75) is 56.6 Å². The molecule has 0 atom stereocenters. The standard InChI is InChI=1S/C25H27NO5S/c1-18-11-13-20(14-12-18)32(28,29)30-17-23-21(15-16-26-19-7-3-2-4-8-19)22-9-5-6-10-24(22)31-25(23)27/h5-6,9-16,19,26H,2-4,7-8,17H2,1H3/b16-15-. The summed E-state index contributed by atoms with van der Waals surface area (Å²) in [6, 6.07) is 14.0. The zero-order chi connectivity index (χ0) is 22.6. The van der Waals surface area contributed by atoms with E-state index in [1.165, 1.54) is 31.4 Å². The van der Waals surface area contributed by atoms with Gasteiger partial charge in [-0.15, -0.1) is 0 Å². The van der Waals surface area contributed by atoms with E-state index in [0.717, 1.165) is 23.8 Å². The quantitative estimate of drug-likeness (QED) is 0.405. The molecule has 32 heavy (non-hydrogen) atoms. The largest absolute Gasteiger partial charge is 0.422 e. The lowest BCUT2D eigenvalue weighted by Crippen LogP contribution is -2.26. The lowest BCUT2D eigenvalue weighted by Gasteiger charge is -2.21. The van der Waals surface area contributed by atoms with Gasteiger partial charge in [0.1, 0.15) is 5.58 Å². The molecule has 6 nitrogen and oxygen atoms in total. The van der Waals surface area contributed by atoms with Crippen molar-refractivity contribution in [2.75, 3.05) is 0 Å². The van der Waals surface area contributed by atoms with Gasteiger partial charge in [0.05, 0.1) is 17.1 Å². The molecule has 0 unspecified atom stereocenters. The van der Waals surface area contributed by atoms with Crippen molar-refractivity contribution < 1.29 is 17.0 Å². The molecule has 1 saturated carbocycles. The van der Waals surface area contributed by atoms with E-state index >= 15 is 0 Å². The summed E-state index contributed by atoms with van der Waals surface area (Å²) in [7, 11) is -4.02. The number of benzene rings is 2. The second kappa shape index (κ2) is 9.71. The molecule has 1 N–H and O–H groups in total. The van der Waals surface area contributed by atoms with Crippen LogP contribution in [-0.4, -0.2) is 14.5 Å². The van der Waals surface area contributed by atoms with Gasteiger partial charge in [-0.25, -0.2) is 4.79 Å². The van der Waals surface area contributed by atoms with Gasteiger partial charge >= 0.3 is 5.63 Å². The summed E-state index contributed by atoms with van der Waals surface area (Å²) in [4.78, 5) is 12.8. The van der Waals surface area contributed by atoms with E-state index < -0.39 is 22.4 Å². The number of aryl methyl sites for hydroxylation is 1. The molecule has 0 bridgehead atoms. The van der Waals surface area contributed by atoms with Crippen LogP contribution in [-0.2, 0) is 20.9 Å². The highest BCUT2D eigenvalue weighted by Crippen LogP contribution is 2.24. The molecular weight excluding hydrogens is 426 g/mol. The lowest BCUT2D eigenvalue weighted by atomic mass is 9.96. The van der Waals surface area contributed by atoms with E-state index in [-0.39, 0.29) is 10.5 Å². The molecule has 4 rings (SSSR count). The molecule has 7 heteroatoms. The Balaban J connectivity index is 1.64. The fraction of sp³-hybridized carbons (Fsp3) is 0.320. The van der Waals surface area contributed by atoms with E-state index in [2.05, 4.69) is 5.32 Å². The summed E-state index contributed by atoms with van der Waals surface area (Å²) in [6.07, 6.45) is 9.57. The zero-order valence-electron chi connectivity index (χ0n) is 18.0. The molecule has 0 saturated heterocycles. The summed E-state index contributed by atoms with van der Waals surface area (Å²) < 4.78 is 36.0. The van der Waals surface area contributed by atoms with E-state index in [1.54, 1.807) is 24.3 Å². The van der Waals surface area contributed by atoms with Gasteiger partial charge in [0.25, 0.3) is 10.1 Å². The highest BCUT2D eigenvalue weighted by Gasteiger charge is 2.19. The monoisotopic (exact) mass is 453 g/mol. The summed E-state index contributed by atoms with van der Waals surface area (Å²) >= 11 is 0. The normalized spacial score (nSPS) is 15.4. The molecule has 1 fully saturated rings. The molecular formula is C25H27NO5S. The van der Waals surface area contributed by atoms with Crippen molar-refractivity contribution in [3.63, 3.8) is 0 Å². The molecule has 1 aromatic heterocycles. The molecule has 2 aromatic carbocycles. The van der Waals surface area contributed by atoms with Gasteiger partial charge in [0.2, 0.25) is 0 Å². The fourth-order valence-electron chi connectivity index (χ4n) is 3.99. The van der Waals surface area contributed by atoms with Crippen LogP contribution >= 0.6 is 0 Å². The third-order valence-corrected chi connectivity index (χ3v) is 7.08. The minimum absolute atomic E-state index is 0.0457. The highest BCUT2D eigenvalue weighted by atomic mass is 32.2. The Morgan fingerprint density at radius 3 is 2.53 bits per heavy atom. The maximum Gasteiger partial charge on any atom is 0.342 e. The van der Waals surface area contributed by atoms with Crippen molar-refractivity contribution in [1.29, 1.82) is 0 Å². The first-order chi connectivity index (χ1) is 15.4. The predicted octanol–water partition coefficient (Wildman–Crippen LogP) is 4.90.